The Morgan fingerprint density at radius 3 is 2.82 bits per heavy atom. The van der Waals surface area contributed by atoms with Gasteiger partial charge in [-0.15, -0.1) is 0 Å². The summed E-state index contributed by atoms with van der Waals surface area (Å²) in [4.78, 5) is 32.6. The molecule has 0 atom stereocenters. The van der Waals surface area contributed by atoms with Crippen molar-refractivity contribution in [2.75, 3.05) is 11.6 Å². The zero-order valence-corrected chi connectivity index (χ0v) is 8.54. The average molecular weight is 236 g/mol. The lowest BCUT2D eigenvalue weighted by atomic mass is 10.2. The highest BCUT2D eigenvalue weighted by Gasteiger charge is 2.24. The van der Waals surface area contributed by atoms with Gasteiger partial charge in [-0.25, -0.2) is 9.80 Å². The van der Waals surface area contributed by atoms with E-state index in [9.17, 15) is 19.7 Å². The van der Waals surface area contributed by atoms with E-state index >= 15 is 0 Å². The number of urea groups is 1. The quantitative estimate of drug-likeness (QED) is 0.563. The van der Waals surface area contributed by atoms with Gasteiger partial charge in [-0.1, -0.05) is 6.07 Å². The van der Waals surface area contributed by atoms with Crippen molar-refractivity contribution in [1.29, 1.82) is 0 Å². The van der Waals surface area contributed by atoms with Crippen LogP contribution in [0.3, 0.4) is 0 Å². The summed E-state index contributed by atoms with van der Waals surface area (Å²) in [5.41, 5.74) is 2.38. The zero-order valence-electron chi connectivity index (χ0n) is 8.54. The van der Waals surface area contributed by atoms with Crippen LogP contribution in [-0.2, 0) is 4.79 Å². The number of nitrogens with one attached hydrogen (secondary N) is 2. The number of rotatable bonds is 2. The summed E-state index contributed by atoms with van der Waals surface area (Å²) >= 11 is 0. The number of non-ortho nitro benzene ring substituents is 1. The summed E-state index contributed by atoms with van der Waals surface area (Å²) in [6.07, 6.45) is 0. The molecule has 1 aromatic carbocycles. The summed E-state index contributed by atoms with van der Waals surface area (Å²) in [5.74, 6) is -0.392. The average Bonchev–Trinajstić information content (AvgIpc) is 2.32. The van der Waals surface area contributed by atoms with Crippen LogP contribution < -0.4 is 15.8 Å². The van der Waals surface area contributed by atoms with Crippen molar-refractivity contribution in [3.63, 3.8) is 0 Å². The first kappa shape index (κ1) is 10.9. The number of nitro benzene ring substituents is 1. The Bertz CT molecular complexity index is 502. The minimum absolute atomic E-state index is 0.107. The second-order valence-corrected chi connectivity index (χ2v) is 3.31. The van der Waals surface area contributed by atoms with Crippen molar-refractivity contribution in [3.05, 3.63) is 34.4 Å². The van der Waals surface area contributed by atoms with E-state index in [2.05, 4.69) is 10.7 Å². The number of hydrazine groups is 1. The topological polar surface area (TPSA) is 105 Å². The van der Waals surface area contributed by atoms with Crippen molar-refractivity contribution in [2.45, 2.75) is 0 Å². The van der Waals surface area contributed by atoms with Gasteiger partial charge >= 0.3 is 6.03 Å². The van der Waals surface area contributed by atoms with Crippen molar-refractivity contribution >= 4 is 23.3 Å². The molecule has 1 aromatic rings. The van der Waals surface area contributed by atoms with Gasteiger partial charge in [-0.2, -0.15) is 0 Å². The van der Waals surface area contributed by atoms with Gasteiger partial charge in [-0.05, 0) is 6.07 Å². The van der Waals surface area contributed by atoms with Gasteiger partial charge in [-0.3, -0.25) is 20.3 Å². The minimum atomic E-state index is -0.576. The molecule has 1 aliphatic heterocycles. The molecule has 0 aromatic heterocycles. The van der Waals surface area contributed by atoms with Gasteiger partial charge in [0.05, 0.1) is 10.6 Å². The molecule has 8 heteroatoms. The van der Waals surface area contributed by atoms with Gasteiger partial charge in [0.15, 0.2) is 0 Å². The lowest BCUT2D eigenvalue weighted by Gasteiger charge is -2.27. The molecule has 0 aliphatic carbocycles. The van der Waals surface area contributed by atoms with E-state index in [4.69, 9.17) is 0 Å². The van der Waals surface area contributed by atoms with Crippen molar-refractivity contribution in [1.82, 2.24) is 10.7 Å². The molecule has 0 bridgehead atoms. The fourth-order valence-corrected chi connectivity index (χ4v) is 1.38. The summed E-state index contributed by atoms with van der Waals surface area (Å²) < 4.78 is 0. The Kier molecular flexibility index (Phi) is 2.61. The number of carbonyl (C=O) groups excluding carboxylic acids is 2. The highest BCUT2D eigenvalue weighted by molar-refractivity contribution is 6.00. The molecule has 1 saturated heterocycles. The SMILES string of the molecule is O=C1CNC(=O)N(c2cccc([N+](=O)[O-])c2)N1. The molecule has 0 saturated carbocycles. The number of nitro groups is 1. The number of nitrogens with zero attached hydrogens (tertiary/aromatic N) is 2. The van der Waals surface area contributed by atoms with E-state index < -0.39 is 16.9 Å². The van der Waals surface area contributed by atoms with Crippen LogP contribution >= 0.6 is 0 Å². The van der Waals surface area contributed by atoms with E-state index in [-0.39, 0.29) is 17.9 Å². The summed E-state index contributed by atoms with van der Waals surface area (Å²) in [6.45, 7) is -0.107. The number of benzene rings is 1. The lowest BCUT2D eigenvalue weighted by molar-refractivity contribution is -0.384. The Morgan fingerprint density at radius 2 is 2.12 bits per heavy atom. The third-order valence-corrected chi connectivity index (χ3v) is 2.14. The van der Waals surface area contributed by atoms with Gasteiger partial charge < -0.3 is 5.32 Å². The maximum absolute atomic E-state index is 11.5. The number of carbonyl (C=O) groups is 2. The largest absolute Gasteiger partial charge is 0.341 e. The summed E-state index contributed by atoms with van der Waals surface area (Å²) in [6, 6.07) is 4.88. The Balaban J connectivity index is 2.32. The Morgan fingerprint density at radius 1 is 1.35 bits per heavy atom. The molecule has 1 heterocycles. The summed E-state index contributed by atoms with van der Waals surface area (Å²) in [7, 11) is 0. The van der Waals surface area contributed by atoms with Crippen LogP contribution in [0.2, 0.25) is 0 Å². The molecule has 0 radical (unpaired) electrons. The fourth-order valence-electron chi connectivity index (χ4n) is 1.38. The highest BCUT2D eigenvalue weighted by Crippen LogP contribution is 2.20. The third-order valence-electron chi connectivity index (χ3n) is 2.14. The second-order valence-electron chi connectivity index (χ2n) is 3.31. The number of anilines is 1. The Hall–Kier alpha value is -2.64. The fraction of sp³-hybridized carbons (Fsp3) is 0.111. The van der Waals surface area contributed by atoms with Crippen LogP contribution in [0.25, 0.3) is 0 Å². The predicted octanol–water partition coefficient (Wildman–Crippen LogP) is 0.156. The number of amides is 3. The van der Waals surface area contributed by atoms with Crippen molar-refractivity contribution in [3.8, 4) is 0 Å². The van der Waals surface area contributed by atoms with Crippen LogP contribution in [0.1, 0.15) is 0 Å². The molecule has 2 N–H and O–H groups in total. The monoisotopic (exact) mass is 236 g/mol. The molecule has 2 rings (SSSR count). The molecular weight excluding hydrogens is 228 g/mol. The molecule has 8 nitrogen and oxygen atoms in total. The predicted molar refractivity (Wildman–Crippen MR) is 57.1 cm³/mol. The first-order chi connectivity index (χ1) is 8.08. The highest BCUT2D eigenvalue weighted by atomic mass is 16.6. The van der Waals surface area contributed by atoms with E-state index in [1.54, 1.807) is 0 Å². The normalized spacial score (nSPS) is 15.2. The molecule has 0 unspecified atom stereocenters. The van der Waals surface area contributed by atoms with Gasteiger partial charge in [0.2, 0.25) is 0 Å². The smallest absolute Gasteiger partial charge is 0.327 e. The zero-order chi connectivity index (χ0) is 12.4. The van der Waals surface area contributed by atoms with E-state index in [0.29, 0.717) is 0 Å². The molecule has 88 valence electrons. The Labute approximate surface area is 95.3 Å². The lowest BCUT2D eigenvalue weighted by Crippen LogP contribution is -2.59. The first-order valence-electron chi connectivity index (χ1n) is 4.70. The molecule has 1 fully saturated rings. The standard InChI is InChI=1S/C9H8N4O4/c14-8-5-10-9(15)12(11-8)6-2-1-3-7(4-6)13(16)17/h1-4H,5H2,(H,10,15)(H,11,14). The summed E-state index contributed by atoms with van der Waals surface area (Å²) in [5, 5.41) is 13.8. The van der Waals surface area contributed by atoms with E-state index in [1.165, 1.54) is 24.3 Å². The second kappa shape index (κ2) is 4.08. The molecule has 3 amide bonds. The van der Waals surface area contributed by atoms with Crippen LogP contribution in [-0.4, -0.2) is 23.4 Å². The maximum atomic E-state index is 11.5. The van der Waals surface area contributed by atoms with Crippen LogP contribution in [0, 0.1) is 10.1 Å². The molecule has 1 aliphatic rings. The molecular formula is C9H8N4O4. The van der Waals surface area contributed by atoms with Gasteiger partial charge in [0.25, 0.3) is 11.6 Å². The first-order valence-corrected chi connectivity index (χ1v) is 4.70. The number of hydrogen-bond acceptors (Lipinski definition) is 4. The van der Waals surface area contributed by atoms with Crippen LogP contribution in [0.15, 0.2) is 24.3 Å². The van der Waals surface area contributed by atoms with E-state index in [1.807, 2.05) is 0 Å². The molecule has 0 spiro atoms. The van der Waals surface area contributed by atoms with E-state index in [0.717, 1.165) is 5.01 Å². The van der Waals surface area contributed by atoms with Crippen molar-refractivity contribution in [2.24, 2.45) is 0 Å². The van der Waals surface area contributed by atoms with Crippen molar-refractivity contribution < 1.29 is 14.5 Å². The van der Waals surface area contributed by atoms with Gasteiger partial charge in [0, 0.05) is 12.1 Å². The minimum Gasteiger partial charge on any atom is -0.327 e. The number of hydrogen-bond donors (Lipinski definition) is 2. The van der Waals surface area contributed by atoms with Crippen LogP contribution in [0.4, 0.5) is 16.2 Å². The van der Waals surface area contributed by atoms with Crippen LogP contribution in [0.5, 0.6) is 0 Å². The molecule has 17 heavy (non-hydrogen) atoms. The maximum Gasteiger partial charge on any atom is 0.341 e. The third kappa shape index (κ3) is 2.14. The van der Waals surface area contributed by atoms with Gasteiger partial charge in [0.1, 0.15) is 6.54 Å².